The first kappa shape index (κ1) is 28.3. The quantitative estimate of drug-likeness (QED) is 0.287. The molecule has 40 heavy (non-hydrogen) atoms. The number of rotatable bonds is 10. The van der Waals surface area contributed by atoms with Crippen molar-refractivity contribution in [3.8, 4) is 11.3 Å². The van der Waals surface area contributed by atoms with E-state index in [0.29, 0.717) is 11.3 Å². The second kappa shape index (κ2) is 11.6. The number of ketones is 1. The van der Waals surface area contributed by atoms with Crippen LogP contribution in [0.1, 0.15) is 49.8 Å². The van der Waals surface area contributed by atoms with Gasteiger partial charge in [0.25, 0.3) is 11.4 Å². The van der Waals surface area contributed by atoms with Gasteiger partial charge in [0.1, 0.15) is 12.4 Å². The molecular formula is C29H31FN6O4. The first-order valence-electron chi connectivity index (χ1n) is 12.8. The number of benzene rings is 2. The zero-order valence-electron chi connectivity index (χ0n) is 22.9. The van der Waals surface area contributed by atoms with E-state index in [1.54, 1.807) is 33.0 Å². The molecule has 2 N–H and O–H groups in total. The summed E-state index contributed by atoms with van der Waals surface area (Å²) in [6.07, 6.45) is 1.52. The van der Waals surface area contributed by atoms with Gasteiger partial charge in [-0.2, -0.15) is 0 Å². The number of hydrogen-bond donors (Lipinski definition) is 2. The maximum absolute atomic E-state index is 13.4. The van der Waals surface area contributed by atoms with Crippen LogP contribution in [0.15, 0.2) is 70.0 Å². The molecule has 4 rings (SSSR count). The van der Waals surface area contributed by atoms with E-state index in [9.17, 15) is 18.8 Å². The second-order valence-electron chi connectivity index (χ2n) is 10.2. The Morgan fingerprint density at radius 2 is 1.73 bits per heavy atom. The molecule has 10 nitrogen and oxygen atoms in total. The molecule has 2 aromatic carbocycles. The van der Waals surface area contributed by atoms with Gasteiger partial charge >= 0.3 is 0 Å². The van der Waals surface area contributed by atoms with Crippen molar-refractivity contribution in [3.63, 3.8) is 0 Å². The number of hydrogen-bond acceptors (Lipinski definition) is 8. The van der Waals surface area contributed by atoms with E-state index in [0.717, 1.165) is 5.56 Å². The maximum atomic E-state index is 13.4. The molecule has 1 atom stereocenters. The van der Waals surface area contributed by atoms with Crippen LogP contribution in [0.3, 0.4) is 0 Å². The lowest BCUT2D eigenvalue weighted by atomic mass is 9.84. The van der Waals surface area contributed by atoms with Gasteiger partial charge < -0.3 is 15.1 Å². The molecule has 208 valence electrons. The van der Waals surface area contributed by atoms with Crippen molar-refractivity contribution in [2.75, 3.05) is 12.4 Å². The van der Waals surface area contributed by atoms with E-state index in [-0.39, 0.29) is 35.9 Å². The molecule has 0 saturated heterocycles. The zero-order chi connectivity index (χ0) is 29.0. The SMILES string of the molecule is CNc1ncc(-c2ccccc2)n(CC(=O)N[C@@H](C(=O)c2nnc(C(C)(C)c3ccc(F)cc3)o2)C(C)C)c1=O. The predicted molar refractivity (Wildman–Crippen MR) is 147 cm³/mol. The first-order valence-corrected chi connectivity index (χ1v) is 12.8. The van der Waals surface area contributed by atoms with Gasteiger partial charge in [-0.1, -0.05) is 56.3 Å². The van der Waals surface area contributed by atoms with Gasteiger partial charge in [0, 0.05) is 7.05 Å². The fourth-order valence-corrected chi connectivity index (χ4v) is 4.25. The molecule has 0 saturated carbocycles. The molecule has 0 unspecified atom stereocenters. The average molecular weight is 547 g/mol. The molecule has 0 radical (unpaired) electrons. The van der Waals surface area contributed by atoms with Crippen LogP contribution in [0.4, 0.5) is 10.2 Å². The Balaban J connectivity index is 1.57. The average Bonchev–Trinajstić information content (AvgIpc) is 3.44. The topological polar surface area (TPSA) is 132 Å². The summed E-state index contributed by atoms with van der Waals surface area (Å²) in [6.45, 7) is 6.84. The third-order valence-electron chi connectivity index (χ3n) is 6.66. The minimum atomic E-state index is -0.990. The number of Topliss-reactive ketones (excluding diaryl/α,β-unsaturated/α-hetero) is 1. The summed E-state index contributed by atoms with van der Waals surface area (Å²) in [5.74, 6) is -1.80. The van der Waals surface area contributed by atoms with Crippen LogP contribution < -0.4 is 16.2 Å². The Kier molecular flexibility index (Phi) is 8.22. The summed E-state index contributed by atoms with van der Waals surface area (Å²) in [5.41, 5.74) is 0.620. The number of amides is 1. The molecule has 2 heterocycles. The number of carbonyl (C=O) groups excluding carboxylic acids is 2. The lowest BCUT2D eigenvalue weighted by molar-refractivity contribution is -0.122. The standard InChI is InChI=1S/C29H31FN6O4/c1-17(2)23(24(38)26-34-35-28(40-26)29(3,4)19-11-13-20(30)14-12-19)33-22(37)16-36-21(18-9-7-6-8-10-18)15-32-25(31-5)27(36)39/h6-15,17,23H,16H2,1-5H3,(H,31,32)(H,33,37)/t23-/m1/s1. The van der Waals surface area contributed by atoms with Crippen molar-refractivity contribution in [1.82, 2.24) is 25.1 Å². The Labute approximate surface area is 230 Å². The minimum Gasteiger partial charge on any atom is -0.417 e. The van der Waals surface area contributed by atoms with Gasteiger partial charge in [0.05, 0.1) is 23.3 Å². The van der Waals surface area contributed by atoms with E-state index in [2.05, 4.69) is 25.8 Å². The highest BCUT2D eigenvalue weighted by Gasteiger charge is 2.34. The van der Waals surface area contributed by atoms with Crippen LogP contribution in [-0.2, 0) is 16.8 Å². The molecule has 0 aliphatic rings. The summed E-state index contributed by atoms with van der Waals surface area (Å²) in [4.78, 5) is 43.9. The molecule has 4 aromatic rings. The number of halogens is 1. The second-order valence-corrected chi connectivity index (χ2v) is 10.2. The highest BCUT2D eigenvalue weighted by molar-refractivity contribution is 5.98. The van der Waals surface area contributed by atoms with E-state index in [1.165, 1.54) is 22.9 Å². The first-order chi connectivity index (χ1) is 19.0. The summed E-state index contributed by atoms with van der Waals surface area (Å²) in [6, 6.07) is 14.0. The van der Waals surface area contributed by atoms with Crippen LogP contribution in [0.2, 0.25) is 0 Å². The Bertz CT molecular complexity index is 1560. The molecule has 0 aliphatic heterocycles. The molecule has 0 fully saturated rings. The number of carbonyl (C=O) groups is 2. The fourth-order valence-electron chi connectivity index (χ4n) is 4.25. The van der Waals surface area contributed by atoms with Crippen LogP contribution in [-0.4, -0.2) is 44.5 Å². The van der Waals surface area contributed by atoms with Crippen molar-refractivity contribution >= 4 is 17.5 Å². The van der Waals surface area contributed by atoms with Gasteiger partial charge in [-0.05, 0) is 43.0 Å². The van der Waals surface area contributed by atoms with E-state index >= 15 is 0 Å². The summed E-state index contributed by atoms with van der Waals surface area (Å²) in [7, 11) is 1.57. The monoisotopic (exact) mass is 546 g/mol. The molecule has 1 amide bonds. The molecule has 2 aromatic heterocycles. The van der Waals surface area contributed by atoms with Gasteiger partial charge in [-0.3, -0.25) is 19.0 Å². The Morgan fingerprint density at radius 3 is 2.35 bits per heavy atom. The predicted octanol–water partition coefficient (Wildman–Crippen LogP) is 3.82. The van der Waals surface area contributed by atoms with Crippen LogP contribution in [0, 0.1) is 11.7 Å². The summed E-state index contributed by atoms with van der Waals surface area (Å²) >= 11 is 0. The lowest BCUT2D eigenvalue weighted by Gasteiger charge is -2.21. The molecule has 0 spiro atoms. The number of aromatic nitrogens is 4. The van der Waals surface area contributed by atoms with Crippen LogP contribution in [0.5, 0.6) is 0 Å². The van der Waals surface area contributed by atoms with Crippen molar-refractivity contribution < 1.29 is 18.4 Å². The Morgan fingerprint density at radius 1 is 1.05 bits per heavy atom. The minimum absolute atomic E-state index is 0.0890. The van der Waals surface area contributed by atoms with E-state index < -0.39 is 28.7 Å². The summed E-state index contributed by atoms with van der Waals surface area (Å²) < 4.78 is 20.5. The van der Waals surface area contributed by atoms with Crippen molar-refractivity contribution in [2.45, 2.75) is 45.7 Å². The molecule has 0 bridgehead atoms. The lowest BCUT2D eigenvalue weighted by Crippen LogP contribution is -2.46. The van der Waals surface area contributed by atoms with E-state index in [1.807, 2.05) is 44.2 Å². The fraction of sp³-hybridized carbons (Fsp3) is 0.310. The highest BCUT2D eigenvalue weighted by Crippen LogP contribution is 2.31. The number of nitrogens with one attached hydrogen (secondary N) is 2. The van der Waals surface area contributed by atoms with Gasteiger partial charge in [0.15, 0.2) is 5.82 Å². The third-order valence-corrected chi connectivity index (χ3v) is 6.66. The Hall–Kier alpha value is -4.67. The van der Waals surface area contributed by atoms with Crippen LogP contribution >= 0.6 is 0 Å². The van der Waals surface area contributed by atoms with E-state index in [4.69, 9.17) is 4.42 Å². The molecule has 0 aliphatic carbocycles. The van der Waals surface area contributed by atoms with Crippen molar-refractivity contribution in [3.05, 3.63) is 94.3 Å². The normalized spacial score (nSPS) is 12.3. The molecular weight excluding hydrogens is 515 g/mol. The van der Waals surface area contributed by atoms with Gasteiger partial charge in [-0.15, -0.1) is 10.2 Å². The molecule has 11 heteroatoms. The number of anilines is 1. The largest absolute Gasteiger partial charge is 0.417 e. The maximum Gasteiger partial charge on any atom is 0.294 e. The van der Waals surface area contributed by atoms with Crippen molar-refractivity contribution in [1.29, 1.82) is 0 Å². The highest BCUT2D eigenvalue weighted by atomic mass is 19.1. The van der Waals surface area contributed by atoms with Crippen LogP contribution in [0.25, 0.3) is 11.3 Å². The van der Waals surface area contributed by atoms with Crippen molar-refractivity contribution in [2.24, 2.45) is 5.92 Å². The number of nitrogens with zero attached hydrogens (tertiary/aromatic N) is 4. The smallest absolute Gasteiger partial charge is 0.294 e. The van der Waals surface area contributed by atoms with Gasteiger partial charge in [-0.25, -0.2) is 9.37 Å². The zero-order valence-corrected chi connectivity index (χ0v) is 22.9. The van der Waals surface area contributed by atoms with Gasteiger partial charge in [0.2, 0.25) is 17.6 Å². The third kappa shape index (κ3) is 5.83. The summed E-state index contributed by atoms with van der Waals surface area (Å²) in [5, 5.41) is 13.5.